The highest BCUT2D eigenvalue weighted by molar-refractivity contribution is 7.10. The maximum Gasteiger partial charge on any atom is 0.222 e. The van der Waals surface area contributed by atoms with Crippen LogP contribution in [0.1, 0.15) is 35.7 Å². The van der Waals surface area contributed by atoms with Gasteiger partial charge in [0.2, 0.25) is 5.91 Å². The molecule has 2 aromatic rings. The molecule has 0 bridgehead atoms. The van der Waals surface area contributed by atoms with Gasteiger partial charge in [-0.25, -0.2) is 0 Å². The first-order valence-electron chi connectivity index (χ1n) is 7.91. The summed E-state index contributed by atoms with van der Waals surface area (Å²) in [6, 6.07) is 14.9. The van der Waals surface area contributed by atoms with Crippen LogP contribution in [0.5, 0.6) is 0 Å². The van der Waals surface area contributed by atoms with Crippen LogP contribution in [0.4, 0.5) is 0 Å². The average Bonchev–Trinajstić information content (AvgIpc) is 3.21. The Bertz CT molecular complexity index is 576. The minimum Gasteiger partial charge on any atom is -0.348 e. The lowest BCUT2D eigenvalue weighted by Gasteiger charge is -2.19. The maximum atomic E-state index is 12.3. The van der Waals surface area contributed by atoms with Crippen molar-refractivity contribution in [3.63, 3.8) is 0 Å². The minimum atomic E-state index is 0.0660. The van der Waals surface area contributed by atoms with Gasteiger partial charge in [0.25, 0.3) is 0 Å². The second-order valence-electron chi connectivity index (χ2n) is 5.82. The van der Waals surface area contributed by atoms with Crippen LogP contribution in [0, 0.1) is 0 Å². The molecule has 0 aliphatic carbocycles. The molecule has 22 heavy (non-hydrogen) atoms. The van der Waals surface area contributed by atoms with Gasteiger partial charge < -0.3 is 10.6 Å². The summed E-state index contributed by atoms with van der Waals surface area (Å²) >= 11 is 1.70. The molecule has 1 aliphatic rings. The molecule has 116 valence electrons. The molecule has 0 radical (unpaired) electrons. The summed E-state index contributed by atoms with van der Waals surface area (Å²) in [4.78, 5) is 13.6. The van der Waals surface area contributed by atoms with Gasteiger partial charge in [0.15, 0.2) is 0 Å². The van der Waals surface area contributed by atoms with E-state index in [0.717, 1.165) is 19.4 Å². The number of carbonyl (C=O) groups is 1. The minimum absolute atomic E-state index is 0.0660. The Kier molecular flexibility index (Phi) is 5.24. The van der Waals surface area contributed by atoms with Crippen LogP contribution in [-0.4, -0.2) is 18.5 Å². The van der Waals surface area contributed by atoms with Crippen molar-refractivity contribution in [3.8, 4) is 0 Å². The van der Waals surface area contributed by atoms with E-state index in [9.17, 15) is 4.79 Å². The standard InChI is InChI=1S/C18H22N2OS/c21-18(13-15-8-4-10-19-15)20-16(17-9-5-11-22-17)12-14-6-2-1-3-7-14/h1-3,5-7,9,11,15-16,19H,4,8,10,12-13H2,(H,20,21). The molecule has 1 amide bonds. The van der Waals surface area contributed by atoms with E-state index in [1.165, 1.54) is 16.9 Å². The number of carbonyl (C=O) groups excluding carboxylic acids is 1. The number of hydrogen-bond donors (Lipinski definition) is 2. The molecule has 3 rings (SSSR count). The molecule has 2 heterocycles. The average molecular weight is 314 g/mol. The van der Waals surface area contributed by atoms with Gasteiger partial charge in [-0.2, -0.15) is 0 Å². The highest BCUT2D eigenvalue weighted by Gasteiger charge is 2.21. The van der Waals surface area contributed by atoms with Crippen LogP contribution in [0.25, 0.3) is 0 Å². The summed E-state index contributed by atoms with van der Waals surface area (Å²) in [5.74, 6) is 0.147. The molecule has 3 nitrogen and oxygen atoms in total. The summed E-state index contributed by atoms with van der Waals surface area (Å²) in [5, 5.41) is 8.68. The Morgan fingerprint density at radius 3 is 2.82 bits per heavy atom. The van der Waals surface area contributed by atoms with Gasteiger partial charge in [0.05, 0.1) is 6.04 Å². The van der Waals surface area contributed by atoms with Crippen LogP contribution in [-0.2, 0) is 11.2 Å². The van der Waals surface area contributed by atoms with E-state index in [2.05, 4.69) is 34.2 Å². The monoisotopic (exact) mass is 314 g/mol. The van der Waals surface area contributed by atoms with Crippen molar-refractivity contribution in [1.29, 1.82) is 0 Å². The summed E-state index contributed by atoms with van der Waals surface area (Å²) in [5.41, 5.74) is 1.25. The van der Waals surface area contributed by atoms with E-state index in [4.69, 9.17) is 0 Å². The van der Waals surface area contributed by atoms with Crippen LogP contribution in [0.15, 0.2) is 47.8 Å². The number of hydrogen-bond acceptors (Lipinski definition) is 3. The molecule has 0 spiro atoms. The number of benzene rings is 1. The number of rotatable bonds is 6. The van der Waals surface area contributed by atoms with Gasteiger partial charge in [-0.15, -0.1) is 11.3 Å². The van der Waals surface area contributed by atoms with Crippen LogP contribution in [0.2, 0.25) is 0 Å². The fourth-order valence-corrected chi connectivity index (χ4v) is 3.75. The lowest BCUT2D eigenvalue weighted by atomic mass is 10.0. The molecule has 2 unspecified atom stereocenters. The molecule has 0 saturated carbocycles. The molecular formula is C18H22N2OS. The van der Waals surface area contributed by atoms with Crippen LogP contribution in [0.3, 0.4) is 0 Å². The molecule has 1 saturated heterocycles. The molecule has 1 aromatic heterocycles. The van der Waals surface area contributed by atoms with Crippen molar-refractivity contribution in [2.24, 2.45) is 0 Å². The smallest absolute Gasteiger partial charge is 0.222 e. The Morgan fingerprint density at radius 1 is 1.27 bits per heavy atom. The lowest BCUT2D eigenvalue weighted by molar-refractivity contribution is -0.122. The first kappa shape index (κ1) is 15.3. The first-order valence-corrected chi connectivity index (χ1v) is 8.79. The summed E-state index contributed by atoms with van der Waals surface area (Å²) in [6.07, 6.45) is 3.70. The van der Waals surface area contributed by atoms with Crippen LogP contribution < -0.4 is 10.6 Å². The summed E-state index contributed by atoms with van der Waals surface area (Å²) < 4.78 is 0. The highest BCUT2D eigenvalue weighted by Crippen LogP contribution is 2.23. The Balaban J connectivity index is 1.64. The topological polar surface area (TPSA) is 41.1 Å². The zero-order valence-corrected chi connectivity index (χ0v) is 13.4. The van der Waals surface area contributed by atoms with Gasteiger partial charge in [0.1, 0.15) is 0 Å². The van der Waals surface area contributed by atoms with Crippen molar-refractivity contribution in [1.82, 2.24) is 10.6 Å². The molecule has 2 N–H and O–H groups in total. The normalized spacial score (nSPS) is 19.0. The van der Waals surface area contributed by atoms with Crippen molar-refractivity contribution in [3.05, 3.63) is 58.3 Å². The predicted molar refractivity (Wildman–Crippen MR) is 91.0 cm³/mol. The van der Waals surface area contributed by atoms with E-state index >= 15 is 0 Å². The van der Waals surface area contributed by atoms with Crippen molar-refractivity contribution < 1.29 is 4.79 Å². The first-order chi connectivity index (χ1) is 10.8. The highest BCUT2D eigenvalue weighted by atomic mass is 32.1. The van der Waals surface area contributed by atoms with Gasteiger partial charge in [-0.1, -0.05) is 36.4 Å². The fourth-order valence-electron chi connectivity index (χ4n) is 2.97. The Morgan fingerprint density at radius 2 is 2.14 bits per heavy atom. The SMILES string of the molecule is O=C(CC1CCCN1)NC(Cc1ccccc1)c1cccs1. The zero-order chi connectivity index (χ0) is 15.2. The molecule has 4 heteroatoms. The third-order valence-corrected chi connectivity index (χ3v) is 5.08. The molecule has 1 aliphatic heterocycles. The molecule has 2 atom stereocenters. The summed E-state index contributed by atoms with van der Waals surface area (Å²) in [7, 11) is 0. The Labute approximate surface area is 135 Å². The third-order valence-electron chi connectivity index (χ3n) is 4.10. The maximum absolute atomic E-state index is 12.3. The van der Waals surface area contributed by atoms with Gasteiger partial charge in [-0.05, 0) is 42.8 Å². The third kappa shape index (κ3) is 4.18. The van der Waals surface area contributed by atoms with Crippen LogP contribution >= 0.6 is 11.3 Å². The van der Waals surface area contributed by atoms with Gasteiger partial charge >= 0.3 is 0 Å². The van der Waals surface area contributed by atoms with Crippen molar-refractivity contribution in [2.75, 3.05) is 6.54 Å². The van der Waals surface area contributed by atoms with Crippen molar-refractivity contribution in [2.45, 2.75) is 37.8 Å². The summed E-state index contributed by atoms with van der Waals surface area (Å²) in [6.45, 7) is 1.04. The molecule has 1 aromatic carbocycles. The Hall–Kier alpha value is -1.65. The second-order valence-corrected chi connectivity index (χ2v) is 6.80. The number of amides is 1. The van der Waals surface area contributed by atoms with E-state index in [0.29, 0.717) is 12.5 Å². The number of thiophene rings is 1. The zero-order valence-electron chi connectivity index (χ0n) is 12.6. The van der Waals surface area contributed by atoms with Crippen molar-refractivity contribution >= 4 is 17.2 Å². The second kappa shape index (κ2) is 7.56. The largest absolute Gasteiger partial charge is 0.348 e. The molecular weight excluding hydrogens is 292 g/mol. The fraction of sp³-hybridized carbons (Fsp3) is 0.389. The quantitative estimate of drug-likeness (QED) is 0.859. The molecule has 1 fully saturated rings. The van der Waals surface area contributed by atoms with E-state index < -0.39 is 0 Å². The number of nitrogens with one attached hydrogen (secondary N) is 2. The van der Waals surface area contributed by atoms with E-state index in [-0.39, 0.29) is 11.9 Å². The predicted octanol–water partition coefficient (Wildman–Crippen LogP) is 3.29. The van der Waals surface area contributed by atoms with E-state index in [1.807, 2.05) is 24.3 Å². The lowest BCUT2D eigenvalue weighted by Crippen LogP contribution is -2.34. The van der Waals surface area contributed by atoms with E-state index in [1.54, 1.807) is 11.3 Å². The van der Waals surface area contributed by atoms with Gasteiger partial charge in [0, 0.05) is 17.3 Å². The van der Waals surface area contributed by atoms with Gasteiger partial charge in [-0.3, -0.25) is 4.79 Å².